The van der Waals surface area contributed by atoms with Gasteiger partial charge in [0.1, 0.15) is 0 Å². The van der Waals surface area contributed by atoms with Crippen LogP contribution in [0.15, 0.2) is 24.3 Å². The molecule has 1 saturated heterocycles. The van der Waals surface area contributed by atoms with Crippen LogP contribution in [-0.2, 0) is 11.2 Å². The number of aliphatic hydroxyl groups is 1. The highest BCUT2D eigenvalue weighted by atomic mass is 16.3. The predicted molar refractivity (Wildman–Crippen MR) is 74.2 cm³/mol. The van der Waals surface area contributed by atoms with Crippen LogP contribution in [0.4, 0.5) is 5.69 Å². The van der Waals surface area contributed by atoms with Crippen molar-refractivity contribution in [1.29, 1.82) is 0 Å². The first-order valence-corrected chi connectivity index (χ1v) is 7.03. The van der Waals surface area contributed by atoms with E-state index in [4.69, 9.17) is 0 Å². The van der Waals surface area contributed by atoms with Crippen LogP contribution in [0, 0.1) is 0 Å². The maximum atomic E-state index is 12.4. The van der Waals surface area contributed by atoms with Crippen molar-refractivity contribution in [3.63, 3.8) is 0 Å². The Morgan fingerprint density at radius 3 is 3.00 bits per heavy atom. The van der Waals surface area contributed by atoms with Gasteiger partial charge in [0.15, 0.2) is 0 Å². The predicted octanol–water partition coefficient (Wildman–Crippen LogP) is 1.03. The number of aliphatic hydroxyl groups excluding tert-OH is 1. The molecule has 1 atom stereocenters. The molecule has 3 rings (SSSR count). The molecule has 0 unspecified atom stereocenters. The molecule has 0 aliphatic carbocycles. The topological polar surface area (TPSA) is 43.8 Å². The van der Waals surface area contributed by atoms with E-state index in [0.29, 0.717) is 6.54 Å². The fourth-order valence-electron chi connectivity index (χ4n) is 3.17. The first-order valence-electron chi connectivity index (χ1n) is 7.03. The number of amides is 1. The van der Waals surface area contributed by atoms with E-state index < -0.39 is 0 Å². The van der Waals surface area contributed by atoms with Crippen molar-refractivity contribution in [2.24, 2.45) is 0 Å². The van der Waals surface area contributed by atoms with Gasteiger partial charge in [-0.3, -0.25) is 9.69 Å². The molecule has 2 aliphatic rings. The van der Waals surface area contributed by atoms with E-state index >= 15 is 0 Å². The average molecular weight is 260 g/mol. The van der Waals surface area contributed by atoms with Crippen LogP contribution >= 0.6 is 0 Å². The molecule has 2 aliphatic heterocycles. The lowest BCUT2D eigenvalue weighted by Crippen LogP contribution is -2.42. The van der Waals surface area contributed by atoms with Crippen LogP contribution in [0.2, 0.25) is 0 Å². The minimum Gasteiger partial charge on any atom is -0.395 e. The van der Waals surface area contributed by atoms with E-state index in [1.807, 2.05) is 23.1 Å². The monoisotopic (exact) mass is 260 g/mol. The summed E-state index contributed by atoms with van der Waals surface area (Å²) in [6.07, 6.45) is 3.03. The Morgan fingerprint density at radius 1 is 1.32 bits per heavy atom. The van der Waals surface area contributed by atoms with Gasteiger partial charge < -0.3 is 10.0 Å². The SMILES string of the molecule is O=C(CN1CCC[C@H]1CO)N1CCc2ccccc21. The molecule has 2 heterocycles. The summed E-state index contributed by atoms with van der Waals surface area (Å²) < 4.78 is 0. The van der Waals surface area contributed by atoms with Gasteiger partial charge >= 0.3 is 0 Å². The number of hydrogen-bond donors (Lipinski definition) is 1. The van der Waals surface area contributed by atoms with Crippen LogP contribution in [0.3, 0.4) is 0 Å². The molecule has 4 nitrogen and oxygen atoms in total. The Kier molecular flexibility index (Phi) is 3.53. The molecule has 1 amide bonds. The Balaban J connectivity index is 1.69. The third-order valence-electron chi connectivity index (χ3n) is 4.24. The van der Waals surface area contributed by atoms with E-state index in [9.17, 15) is 9.90 Å². The number of anilines is 1. The number of carbonyl (C=O) groups excluding carboxylic acids is 1. The number of rotatable bonds is 3. The van der Waals surface area contributed by atoms with Crippen LogP contribution in [0.1, 0.15) is 18.4 Å². The number of hydrogen-bond acceptors (Lipinski definition) is 3. The summed E-state index contributed by atoms with van der Waals surface area (Å²) in [6, 6.07) is 8.29. The van der Waals surface area contributed by atoms with E-state index in [1.54, 1.807) is 0 Å². The fraction of sp³-hybridized carbons (Fsp3) is 0.533. The summed E-state index contributed by atoms with van der Waals surface area (Å²) in [5.41, 5.74) is 2.32. The zero-order valence-corrected chi connectivity index (χ0v) is 11.1. The average Bonchev–Trinajstić information content (AvgIpc) is 3.04. The molecule has 1 N–H and O–H groups in total. The second-order valence-corrected chi connectivity index (χ2v) is 5.37. The highest BCUT2D eigenvalue weighted by molar-refractivity contribution is 5.96. The maximum Gasteiger partial charge on any atom is 0.241 e. The molecule has 1 aromatic carbocycles. The summed E-state index contributed by atoms with van der Waals surface area (Å²) in [5, 5.41) is 9.31. The summed E-state index contributed by atoms with van der Waals surface area (Å²) >= 11 is 0. The Labute approximate surface area is 113 Å². The van der Waals surface area contributed by atoms with Crippen LogP contribution < -0.4 is 4.90 Å². The number of para-hydroxylation sites is 1. The van der Waals surface area contributed by atoms with Gasteiger partial charge in [-0.1, -0.05) is 18.2 Å². The first-order chi connectivity index (χ1) is 9.29. The van der Waals surface area contributed by atoms with Gasteiger partial charge in [-0.25, -0.2) is 0 Å². The quantitative estimate of drug-likeness (QED) is 0.883. The molecule has 0 bridgehead atoms. The second-order valence-electron chi connectivity index (χ2n) is 5.37. The largest absolute Gasteiger partial charge is 0.395 e. The number of likely N-dealkylation sites (tertiary alicyclic amines) is 1. The van der Waals surface area contributed by atoms with Gasteiger partial charge in [0, 0.05) is 18.3 Å². The third kappa shape index (κ3) is 2.38. The number of fused-ring (bicyclic) bond motifs is 1. The fourth-order valence-corrected chi connectivity index (χ4v) is 3.17. The number of benzene rings is 1. The van der Waals surface area contributed by atoms with Crippen molar-refractivity contribution in [2.75, 3.05) is 31.1 Å². The standard InChI is InChI=1S/C15H20N2O2/c18-11-13-5-3-8-16(13)10-15(19)17-9-7-12-4-1-2-6-14(12)17/h1-2,4,6,13,18H,3,5,7-11H2/t13-/m0/s1. The lowest BCUT2D eigenvalue weighted by molar-refractivity contribution is -0.120. The van der Waals surface area contributed by atoms with Gasteiger partial charge in [-0.05, 0) is 37.4 Å². The molecule has 1 fully saturated rings. The minimum absolute atomic E-state index is 0.157. The van der Waals surface area contributed by atoms with Crippen molar-refractivity contribution >= 4 is 11.6 Å². The number of carbonyl (C=O) groups is 1. The zero-order chi connectivity index (χ0) is 13.2. The lowest BCUT2D eigenvalue weighted by Gasteiger charge is -2.25. The van der Waals surface area contributed by atoms with Crippen molar-refractivity contribution in [3.8, 4) is 0 Å². The van der Waals surface area contributed by atoms with Crippen molar-refractivity contribution in [3.05, 3.63) is 29.8 Å². The van der Waals surface area contributed by atoms with Gasteiger partial charge in [0.25, 0.3) is 0 Å². The summed E-state index contributed by atoms with van der Waals surface area (Å²) in [6.45, 7) is 2.30. The lowest BCUT2D eigenvalue weighted by atomic mass is 10.2. The van der Waals surface area contributed by atoms with Crippen molar-refractivity contribution in [2.45, 2.75) is 25.3 Å². The summed E-state index contributed by atoms with van der Waals surface area (Å²) in [5.74, 6) is 0.158. The Bertz CT molecular complexity index is 475. The molecular weight excluding hydrogens is 240 g/mol. The zero-order valence-electron chi connectivity index (χ0n) is 11.1. The highest BCUT2D eigenvalue weighted by Gasteiger charge is 2.29. The van der Waals surface area contributed by atoms with E-state index in [-0.39, 0.29) is 18.6 Å². The highest BCUT2D eigenvalue weighted by Crippen LogP contribution is 2.28. The van der Waals surface area contributed by atoms with Gasteiger partial charge in [-0.2, -0.15) is 0 Å². The van der Waals surface area contributed by atoms with E-state index in [0.717, 1.165) is 38.0 Å². The minimum atomic E-state index is 0.157. The van der Waals surface area contributed by atoms with Gasteiger partial charge in [0.2, 0.25) is 5.91 Å². The summed E-state index contributed by atoms with van der Waals surface area (Å²) in [4.78, 5) is 16.4. The molecule has 0 saturated carbocycles. The van der Waals surface area contributed by atoms with Crippen LogP contribution in [0.5, 0.6) is 0 Å². The van der Waals surface area contributed by atoms with Crippen molar-refractivity contribution < 1.29 is 9.90 Å². The Hall–Kier alpha value is -1.39. The first kappa shape index (κ1) is 12.6. The van der Waals surface area contributed by atoms with E-state index in [2.05, 4.69) is 11.0 Å². The third-order valence-corrected chi connectivity index (χ3v) is 4.24. The molecular formula is C15H20N2O2. The smallest absolute Gasteiger partial charge is 0.241 e. The van der Waals surface area contributed by atoms with Gasteiger partial charge in [-0.15, -0.1) is 0 Å². The van der Waals surface area contributed by atoms with Crippen LogP contribution in [0.25, 0.3) is 0 Å². The van der Waals surface area contributed by atoms with Crippen LogP contribution in [-0.4, -0.2) is 48.2 Å². The molecule has 0 aromatic heterocycles. The molecule has 1 aromatic rings. The molecule has 19 heavy (non-hydrogen) atoms. The molecule has 0 spiro atoms. The van der Waals surface area contributed by atoms with Gasteiger partial charge in [0.05, 0.1) is 13.2 Å². The molecule has 4 heteroatoms. The summed E-state index contributed by atoms with van der Waals surface area (Å²) in [7, 11) is 0. The maximum absolute atomic E-state index is 12.4. The molecule has 0 radical (unpaired) electrons. The van der Waals surface area contributed by atoms with Crippen molar-refractivity contribution in [1.82, 2.24) is 4.90 Å². The Morgan fingerprint density at radius 2 is 2.16 bits per heavy atom. The number of nitrogens with zero attached hydrogens (tertiary/aromatic N) is 2. The van der Waals surface area contributed by atoms with E-state index in [1.165, 1.54) is 5.56 Å². The normalized spacial score (nSPS) is 22.8. The second kappa shape index (κ2) is 5.31. The molecule has 102 valence electrons.